The maximum Gasteiger partial charge on any atom is 0.125 e. The third kappa shape index (κ3) is 2.54. The first-order valence-corrected chi connectivity index (χ1v) is 5.64. The second-order valence-corrected chi connectivity index (χ2v) is 4.46. The second-order valence-electron chi connectivity index (χ2n) is 4.46. The smallest absolute Gasteiger partial charge is 0.125 e. The summed E-state index contributed by atoms with van der Waals surface area (Å²) in [6.07, 6.45) is -0.663. The van der Waals surface area contributed by atoms with Crippen molar-refractivity contribution >= 4 is 0 Å². The Morgan fingerprint density at radius 2 is 1.94 bits per heavy atom. The first kappa shape index (κ1) is 13.0. The van der Waals surface area contributed by atoms with Crippen LogP contribution in [-0.2, 0) is 0 Å². The average molecular weight is 223 g/mol. The summed E-state index contributed by atoms with van der Waals surface area (Å²) >= 11 is 0. The molecule has 1 atom stereocenters. The van der Waals surface area contributed by atoms with Gasteiger partial charge in [0.2, 0.25) is 0 Å². The Balaban J connectivity index is 3.20. The average Bonchev–Trinajstić information content (AvgIpc) is 2.17. The van der Waals surface area contributed by atoms with Crippen molar-refractivity contribution in [2.45, 2.75) is 32.8 Å². The van der Waals surface area contributed by atoms with Gasteiger partial charge in [-0.15, -0.1) is 0 Å². The number of rotatable bonds is 4. The van der Waals surface area contributed by atoms with Gasteiger partial charge in [-0.05, 0) is 31.0 Å². The molecule has 0 aliphatic rings. The van der Waals surface area contributed by atoms with E-state index in [9.17, 15) is 10.2 Å². The molecule has 0 saturated heterocycles. The number of phenolic OH excluding ortho intramolecular Hbond substituents is 1. The molecule has 1 rings (SSSR count). The van der Waals surface area contributed by atoms with Crippen LogP contribution in [0.4, 0.5) is 0 Å². The van der Waals surface area contributed by atoms with Crippen molar-refractivity contribution < 1.29 is 10.2 Å². The quantitative estimate of drug-likeness (QED) is 0.732. The minimum absolute atomic E-state index is 0.234. The molecule has 1 unspecified atom stereocenters. The van der Waals surface area contributed by atoms with Crippen molar-refractivity contribution in [2.24, 2.45) is 0 Å². The van der Waals surface area contributed by atoms with E-state index in [4.69, 9.17) is 0 Å². The molecule has 0 bridgehead atoms. The van der Waals surface area contributed by atoms with E-state index < -0.39 is 6.10 Å². The van der Waals surface area contributed by atoms with Crippen LogP contribution in [0.15, 0.2) is 12.1 Å². The van der Waals surface area contributed by atoms with Gasteiger partial charge in [-0.3, -0.25) is 0 Å². The molecule has 3 nitrogen and oxygen atoms in total. The molecule has 1 aromatic carbocycles. The monoisotopic (exact) mass is 223 g/mol. The van der Waals surface area contributed by atoms with Gasteiger partial charge in [0.25, 0.3) is 0 Å². The molecule has 0 radical (unpaired) electrons. The Morgan fingerprint density at radius 1 is 1.31 bits per heavy atom. The number of benzene rings is 1. The molecule has 1 aromatic rings. The maximum absolute atomic E-state index is 10.1. The van der Waals surface area contributed by atoms with Gasteiger partial charge in [-0.2, -0.15) is 0 Å². The number of likely N-dealkylation sites (N-methyl/N-ethyl adjacent to an activating group) is 1. The zero-order valence-corrected chi connectivity index (χ0v) is 10.4. The zero-order valence-electron chi connectivity index (χ0n) is 10.4. The Kier molecular flexibility index (Phi) is 4.33. The molecule has 16 heavy (non-hydrogen) atoms. The van der Waals surface area contributed by atoms with E-state index in [1.54, 1.807) is 7.05 Å². The van der Waals surface area contributed by atoms with Crippen LogP contribution in [0.5, 0.6) is 5.75 Å². The molecule has 0 spiro atoms. The van der Waals surface area contributed by atoms with Crippen molar-refractivity contribution in [1.29, 1.82) is 0 Å². The summed E-state index contributed by atoms with van der Waals surface area (Å²) in [4.78, 5) is 0. The van der Waals surface area contributed by atoms with E-state index in [-0.39, 0.29) is 11.7 Å². The van der Waals surface area contributed by atoms with Crippen molar-refractivity contribution in [3.63, 3.8) is 0 Å². The highest BCUT2D eigenvalue weighted by molar-refractivity contribution is 5.47. The van der Waals surface area contributed by atoms with Crippen molar-refractivity contribution in [2.75, 3.05) is 13.6 Å². The van der Waals surface area contributed by atoms with Crippen molar-refractivity contribution in [3.05, 3.63) is 28.8 Å². The van der Waals surface area contributed by atoms with Gasteiger partial charge in [-0.1, -0.05) is 26.0 Å². The highest BCUT2D eigenvalue weighted by Crippen LogP contribution is 2.34. The molecule has 0 fully saturated rings. The number of hydrogen-bond acceptors (Lipinski definition) is 3. The van der Waals surface area contributed by atoms with Gasteiger partial charge < -0.3 is 15.5 Å². The standard InChI is InChI=1S/C13H21NO2/c1-8(2)10-6-5-9(3)12(13(10)16)11(15)7-14-4/h5-6,8,11,14-16H,7H2,1-4H3. The van der Waals surface area contributed by atoms with Gasteiger partial charge >= 0.3 is 0 Å². The lowest BCUT2D eigenvalue weighted by molar-refractivity contribution is 0.173. The van der Waals surface area contributed by atoms with Crippen LogP contribution in [0.1, 0.15) is 42.6 Å². The number of aliphatic hydroxyl groups excluding tert-OH is 1. The lowest BCUT2D eigenvalue weighted by atomic mass is 9.93. The van der Waals surface area contributed by atoms with Gasteiger partial charge in [-0.25, -0.2) is 0 Å². The van der Waals surface area contributed by atoms with E-state index in [0.717, 1.165) is 11.1 Å². The Labute approximate surface area is 97.1 Å². The number of phenols is 1. The Bertz CT molecular complexity index is 361. The summed E-state index contributed by atoms with van der Waals surface area (Å²) in [7, 11) is 1.78. The lowest BCUT2D eigenvalue weighted by Gasteiger charge is -2.19. The van der Waals surface area contributed by atoms with E-state index in [0.29, 0.717) is 12.1 Å². The number of hydrogen-bond donors (Lipinski definition) is 3. The van der Waals surface area contributed by atoms with Crippen LogP contribution in [0.3, 0.4) is 0 Å². The van der Waals surface area contributed by atoms with Crippen LogP contribution in [-0.4, -0.2) is 23.8 Å². The fraction of sp³-hybridized carbons (Fsp3) is 0.538. The van der Waals surface area contributed by atoms with E-state index in [2.05, 4.69) is 5.32 Å². The second kappa shape index (κ2) is 5.32. The normalized spacial score (nSPS) is 13.1. The lowest BCUT2D eigenvalue weighted by Crippen LogP contribution is -2.18. The SMILES string of the molecule is CNCC(O)c1c(C)ccc(C(C)C)c1O. The van der Waals surface area contributed by atoms with E-state index in [1.165, 1.54) is 0 Å². The summed E-state index contributed by atoms with van der Waals surface area (Å²) in [6.45, 7) is 6.39. The molecule has 0 aliphatic heterocycles. The molecule has 0 aliphatic carbocycles. The van der Waals surface area contributed by atoms with Crippen molar-refractivity contribution in [3.8, 4) is 5.75 Å². The predicted molar refractivity (Wildman–Crippen MR) is 65.8 cm³/mol. The number of aryl methyl sites for hydroxylation is 1. The largest absolute Gasteiger partial charge is 0.507 e. The third-order valence-electron chi connectivity index (χ3n) is 2.82. The van der Waals surface area contributed by atoms with Crippen molar-refractivity contribution in [1.82, 2.24) is 5.32 Å². The minimum atomic E-state index is -0.663. The molecular formula is C13H21NO2. The summed E-state index contributed by atoms with van der Waals surface area (Å²) in [5.74, 6) is 0.485. The van der Waals surface area contributed by atoms with Gasteiger partial charge in [0.05, 0.1) is 6.10 Å². The fourth-order valence-electron chi connectivity index (χ4n) is 1.91. The molecule has 90 valence electrons. The molecule has 3 N–H and O–H groups in total. The first-order chi connectivity index (χ1) is 7.49. The van der Waals surface area contributed by atoms with Gasteiger partial charge in [0.1, 0.15) is 5.75 Å². The highest BCUT2D eigenvalue weighted by Gasteiger charge is 2.18. The predicted octanol–water partition coefficient (Wildman–Crippen LogP) is 2.08. The molecular weight excluding hydrogens is 202 g/mol. The zero-order chi connectivity index (χ0) is 12.3. The number of nitrogens with one attached hydrogen (secondary N) is 1. The summed E-state index contributed by atoms with van der Waals surface area (Å²) in [5, 5.41) is 23.0. The van der Waals surface area contributed by atoms with Crippen LogP contribution < -0.4 is 5.32 Å². The first-order valence-electron chi connectivity index (χ1n) is 5.64. The summed E-state index contributed by atoms with van der Waals surface area (Å²) in [6, 6.07) is 3.87. The molecule has 0 aromatic heterocycles. The minimum Gasteiger partial charge on any atom is -0.507 e. The van der Waals surface area contributed by atoms with Crippen LogP contribution in [0.2, 0.25) is 0 Å². The van der Waals surface area contributed by atoms with Gasteiger partial charge in [0.15, 0.2) is 0 Å². The molecule has 0 amide bonds. The van der Waals surface area contributed by atoms with E-state index >= 15 is 0 Å². The summed E-state index contributed by atoms with van der Waals surface area (Å²) < 4.78 is 0. The third-order valence-corrected chi connectivity index (χ3v) is 2.82. The van der Waals surface area contributed by atoms with E-state index in [1.807, 2.05) is 32.9 Å². The van der Waals surface area contributed by atoms with Crippen LogP contribution in [0, 0.1) is 6.92 Å². The Morgan fingerprint density at radius 3 is 2.44 bits per heavy atom. The Hall–Kier alpha value is -1.06. The number of aromatic hydroxyl groups is 1. The molecule has 0 saturated carbocycles. The van der Waals surface area contributed by atoms with Crippen LogP contribution in [0.25, 0.3) is 0 Å². The topological polar surface area (TPSA) is 52.5 Å². The fourth-order valence-corrected chi connectivity index (χ4v) is 1.91. The molecule has 3 heteroatoms. The van der Waals surface area contributed by atoms with Crippen LogP contribution >= 0.6 is 0 Å². The maximum atomic E-state index is 10.1. The summed E-state index contributed by atoms with van der Waals surface area (Å²) in [5.41, 5.74) is 2.45. The molecule has 0 heterocycles. The van der Waals surface area contributed by atoms with Gasteiger partial charge in [0, 0.05) is 12.1 Å². The number of aliphatic hydroxyl groups is 1. The highest BCUT2D eigenvalue weighted by atomic mass is 16.3.